The van der Waals surface area contributed by atoms with E-state index in [2.05, 4.69) is 6.58 Å². The van der Waals surface area contributed by atoms with E-state index >= 15 is 0 Å². The number of rotatable bonds is 3. The summed E-state index contributed by atoms with van der Waals surface area (Å²) in [6.07, 6.45) is 3.34. The van der Waals surface area contributed by atoms with Crippen LogP contribution in [-0.2, 0) is 9.47 Å². The zero-order valence-electron chi connectivity index (χ0n) is 5.72. The third-order valence-electron chi connectivity index (χ3n) is 1.68. The van der Waals surface area contributed by atoms with Gasteiger partial charge in [0.1, 0.15) is 0 Å². The first-order chi connectivity index (χ1) is 4.33. The SMILES string of the molecule is C=COC1(CC)CCO1. The topological polar surface area (TPSA) is 18.5 Å². The van der Waals surface area contributed by atoms with Crippen molar-refractivity contribution in [1.82, 2.24) is 0 Å². The average Bonchev–Trinajstić information content (AvgIpc) is 1.79. The molecule has 0 spiro atoms. The van der Waals surface area contributed by atoms with E-state index in [1.165, 1.54) is 6.26 Å². The molecule has 52 valence electrons. The fraction of sp³-hybridized carbons (Fsp3) is 0.714. The molecule has 0 aromatic carbocycles. The molecule has 1 heterocycles. The fourth-order valence-electron chi connectivity index (χ4n) is 0.937. The Labute approximate surface area is 55.5 Å². The summed E-state index contributed by atoms with van der Waals surface area (Å²) in [5.74, 6) is -0.304. The molecular weight excluding hydrogens is 116 g/mol. The first-order valence-electron chi connectivity index (χ1n) is 3.26. The second kappa shape index (κ2) is 2.40. The first kappa shape index (κ1) is 6.62. The molecule has 1 unspecified atom stereocenters. The molecule has 0 amide bonds. The molecule has 0 radical (unpaired) electrons. The van der Waals surface area contributed by atoms with E-state index in [1.54, 1.807) is 0 Å². The van der Waals surface area contributed by atoms with Crippen LogP contribution in [0.5, 0.6) is 0 Å². The van der Waals surface area contributed by atoms with Crippen LogP contribution in [0.3, 0.4) is 0 Å². The summed E-state index contributed by atoms with van der Waals surface area (Å²) in [6.45, 7) is 6.34. The van der Waals surface area contributed by atoms with Gasteiger partial charge in [-0.2, -0.15) is 0 Å². The maximum atomic E-state index is 5.21. The van der Waals surface area contributed by atoms with Crippen LogP contribution in [0, 0.1) is 0 Å². The van der Waals surface area contributed by atoms with Crippen LogP contribution in [0.4, 0.5) is 0 Å². The molecule has 0 aliphatic carbocycles. The van der Waals surface area contributed by atoms with Gasteiger partial charge in [0.25, 0.3) is 0 Å². The van der Waals surface area contributed by atoms with E-state index < -0.39 is 0 Å². The van der Waals surface area contributed by atoms with Gasteiger partial charge in [0, 0.05) is 12.8 Å². The quantitative estimate of drug-likeness (QED) is 0.538. The highest BCUT2D eigenvalue weighted by molar-refractivity contribution is 4.78. The molecule has 1 aliphatic heterocycles. The Morgan fingerprint density at radius 3 is 2.67 bits per heavy atom. The molecule has 1 atom stereocenters. The molecule has 1 aliphatic rings. The fourth-order valence-corrected chi connectivity index (χ4v) is 0.937. The van der Waals surface area contributed by atoms with Crippen molar-refractivity contribution in [3.8, 4) is 0 Å². The smallest absolute Gasteiger partial charge is 0.211 e. The van der Waals surface area contributed by atoms with Crippen molar-refractivity contribution in [3.63, 3.8) is 0 Å². The van der Waals surface area contributed by atoms with Crippen molar-refractivity contribution in [2.45, 2.75) is 25.6 Å². The van der Waals surface area contributed by atoms with Gasteiger partial charge in [-0.15, -0.1) is 0 Å². The van der Waals surface area contributed by atoms with Crippen molar-refractivity contribution < 1.29 is 9.47 Å². The van der Waals surface area contributed by atoms with Gasteiger partial charge in [-0.1, -0.05) is 13.5 Å². The summed E-state index contributed by atoms with van der Waals surface area (Å²) in [5, 5.41) is 0. The summed E-state index contributed by atoms with van der Waals surface area (Å²) in [6, 6.07) is 0. The van der Waals surface area contributed by atoms with E-state index in [1.807, 2.05) is 6.92 Å². The van der Waals surface area contributed by atoms with Crippen LogP contribution in [-0.4, -0.2) is 12.4 Å². The van der Waals surface area contributed by atoms with E-state index in [0.29, 0.717) is 0 Å². The van der Waals surface area contributed by atoms with Gasteiger partial charge in [-0.3, -0.25) is 0 Å². The number of hydrogen-bond donors (Lipinski definition) is 0. The van der Waals surface area contributed by atoms with Crippen LogP contribution in [0.2, 0.25) is 0 Å². The second-order valence-electron chi connectivity index (χ2n) is 2.15. The van der Waals surface area contributed by atoms with Crippen LogP contribution >= 0.6 is 0 Å². The van der Waals surface area contributed by atoms with Gasteiger partial charge in [0.2, 0.25) is 5.79 Å². The first-order valence-corrected chi connectivity index (χ1v) is 3.26. The molecule has 2 heteroatoms. The second-order valence-corrected chi connectivity index (χ2v) is 2.15. The lowest BCUT2D eigenvalue weighted by molar-refractivity contribution is -0.284. The monoisotopic (exact) mass is 128 g/mol. The Kier molecular flexibility index (Phi) is 1.76. The van der Waals surface area contributed by atoms with Crippen molar-refractivity contribution in [1.29, 1.82) is 0 Å². The zero-order valence-corrected chi connectivity index (χ0v) is 5.72. The van der Waals surface area contributed by atoms with Crippen LogP contribution in [0.15, 0.2) is 12.8 Å². The summed E-state index contributed by atoms with van der Waals surface area (Å²) in [7, 11) is 0. The molecule has 0 N–H and O–H groups in total. The highest BCUT2D eigenvalue weighted by Crippen LogP contribution is 2.30. The molecule has 1 fully saturated rings. The Bertz CT molecular complexity index is 100.0. The largest absolute Gasteiger partial charge is 0.471 e. The minimum Gasteiger partial charge on any atom is -0.471 e. The van der Waals surface area contributed by atoms with Gasteiger partial charge >= 0.3 is 0 Å². The Balaban J connectivity index is 2.36. The number of hydrogen-bond acceptors (Lipinski definition) is 2. The van der Waals surface area contributed by atoms with Gasteiger partial charge in [-0.25, -0.2) is 0 Å². The highest BCUT2D eigenvalue weighted by Gasteiger charge is 2.37. The highest BCUT2D eigenvalue weighted by atomic mass is 16.7. The Hall–Kier alpha value is -0.500. The van der Waals surface area contributed by atoms with Crippen molar-refractivity contribution >= 4 is 0 Å². The maximum Gasteiger partial charge on any atom is 0.211 e. The van der Waals surface area contributed by atoms with Crippen LogP contribution in [0.1, 0.15) is 19.8 Å². The van der Waals surface area contributed by atoms with E-state index in [4.69, 9.17) is 9.47 Å². The van der Waals surface area contributed by atoms with Gasteiger partial charge in [0.15, 0.2) is 0 Å². The third-order valence-corrected chi connectivity index (χ3v) is 1.68. The van der Waals surface area contributed by atoms with Crippen LogP contribution < -0.4 is 0 Å². The number of ether oxygens (including phenoxy) is 2. The molecule has 0 aromatic rings. The molecule has 1 rings (SSSR count). The maximum absolute atomic E-state index is 5.21. The summed E-state index contributed by atoms with van der Waals surface area (Å²) < 4.78 is 10.4. The lowest BCUT2D eigenvalue weighted by Gasteiger charge is -2.39. The lowest BCUT2D eigenvalue weighted by atomic mass is 10.1. The third kappa shape index (κ3) is 1.08. The van der Waals surface area contributed by atoms with Crippen LogP contribution in [0.25, 0.3) is 0 Å². The van der Waals surface area contributed by atoms with Gasteiger partial charge in [0.05, 0.1) is 12.9 Å². The average molecular weight is 128 g/mol. The van der Waals surface area contributed by atoms with Crippen molar-refractivity contribution in [2.24, 2.45) is 0 Å². The molecule has 0 aromatic heterocycles. The molecular formula is C7H12O2. The zero-order chi connectivity index (χ0) is 6.74. The lowest BCUT2D eigenvalue weighted by Crippen LogP contribution is -2.44. The summed E-state index contributed by atoms with van der Waals surface area (Å²) >= 11 is 0. The standard InChI is InChI=1S/C7H12O2/c1-3-7(8-4-2)5-6-9-7/h4H,2-3,5-6H2,1H3. The van der Waals surface area contributed by atoms with Crippen molar-refractivity contribution in [3.05, 3.63) is 12.8 Å². The minimum absolute atomic E-state index is 0.304. The summed E-state index contributed by atoms with van der Waals surface area (Å²) in [4.78, 5) is 0. The predicted molar refractivity (Wildman–Crippen MR) is 34.9 cm³/mol. The molecule has 0 bridgehead atoms. The molecule has 0 saturated carbocycles. The van der Waals surface area contributed by atoms with E-state index in [-0.39, 0.29) is 5.79 Å². The molecule has 9 heavy (non-hydrogen) atoms. The van der Waals surface area contributed by atoms with Gasteiger partial charge in [-0.05, 0) is 0 Å². The Morgan fingerprint density at radius 2 is 2.56 bits per heavy atom. The summed E-state index contributed by atoms with van der Waals surface area (Å²) in [5.41, 5.74) is 0. The Morgan fingerprint density at radius 1 is 1.89 bits per heavy atom. The predicted octanol–water partition coefficient (Wildman–Crippen LogP) is 1.67. The molecule has 1 saturated heterocycles. The van der Waals surface area contributed by atoms with E-state index in [0.717, 1.165) is 19.4 Å². The van der Waals surface area contributed by atoms with Crippen molar-refractivity contribution in [2.75, 3.05) is 6.61 Å². The molecule has 2 nitrogen and oxygen atoms in total. The van der Waals surface area contributed by atoms with Gasteiger partial charge < -0.3 is 9.47 Å². The van der Waals surface area contributed by atoms with E-state index in [9.17, 15) is 0 Å². The normalized spacial score (nSPS) is 33.0. The minimum atomic E-state index is -0.304.